The van der Waals surface area contributed by atoms with Crippen molar-refractivity contribution in [3.8, 4) is 0 Å². The van der Waals surface area contributed by atoms with Gasteiger partial charge in [-0.2, -0.15) is 0 Å². The van der Waals surface area contributed by atoms with E-state index in [1.165, 1.54) is 0 Å². The van der Waals surface area contributed by atoms with Crippen LogP contribution in [0.3, 0.4) is 0 Å². The minimum atomic E-state index is -2.86. The Kier molecular flexibility index (Phi) is 3.92. The number of halogens is 4. The van der Waals surface area contributed by atoms with E-state index < -0.39 is 22.6 Å². The van der Waals surface area contributed by atoms with Crippen LogP contribution in [0, 0.1) is 10.1 Å². The summed E-state index contributed by atoms with van der Waals surface area (Å²) >= 11 is 8.15. The number of pyridine rings is 1. The van der Waals surface area contributed by atoms with Crippen molar-refractivity contribution in [2.24, 2.45) is 0 Å². The molecule has 4 nitrogen and oxygen atoms in total. The molecule has 82 valence electrons. The van der Waals surface area contributed by atoms with E-state index in [9.17, 15) is 18.9 Å². The third-order valence-electron chi connectivity index (χ3n) is 1.66. The van der Waals surface area contributed by atoms with E-state index in [1.54, 1.807) is 0 Å². The van der Waals surface area contributed by atoms with Crippen LogP contribution in [0.5, 0.6) is 0 Å². The number of alkyl halides is 3. The van der Waals surface area contributed by atoms with Crippen LogP contribution in [0.15, 0.2) is 10.7 Å². The molecule has 0 radical (unpaired) electrons. The zero-order chi connectivity index (χ0) is 11.6. The molecule has 15 heavy (non-hydrogen) atoms. The van der Waals surface area contributed by atoms with Gasteiger partial charge in [0, 0.05) is 0 Å². The minimum absolute atomic E-state index is 0.0656. The van der Waals surface area contributed by atoms with Crippen LogP contribution in [-0.2, 0) is 5.88 Å². The summed E-state index contributed by atoms with van der Waals surface area (Å²) in [6, 6.07) is 0. The lowest BCUT2D eigenvalue weighted by Gasteiger charge is -2.07. The first kappa shape index (κ1) is 12.3. The fraction of sp³-hybridized carbons (Fsp3) is 0.286. The van der Waals surface area contributed by atoms with E-state index >= 15 is 0 Å². The molecule has 0 fully saturated rings. The second-order valence-electron chi connectivity index (χ2n) is 2.51. The van der Waals surface area contributed by atoms with Gasteiger partial charge >= 0.3 is 5.69 Å². The molecule has 0 aliphatic heterocycles. The number of hydrogen-bond acceptors (Lipinski definition) is 3. The summed E-state index contributed by atoms with van der Waals surface area (Å²) in [6.07, 6.45) is -1.96. The van der Waals surface area contributed by atoms with Crippen molar-refractivity contribution < 1.29 is 13.7 Å². The molecular formula is C7H4BrClF2N2O2. The van der Waals surface area contributed by atoms with Gasteiger partial charge in [0.25, 0.3) is 6.43 Å². The monoisotopic (exact) mass is 300 g/mol. The topological polar surface area (TPSA) is 56.0 Å². The van der Waals surface area contributed by atoms with Crippen molar-refractivity contribution in [2.75, 3.05) is 0 Å². The van der Waals surface area contributed by atoms with Gasteiger partial charge in [0.15, 0.2) is 0 Å². The van der Waals surface area contributed by atoms with Crippen LogP contribution in [0.2, 0.25) is 0 Å². The predicted molar refractivity (Wildman–Crippen MR) is 53.1 cm³/mol. The molecule has 0 aliphatic rings. The third kappa shape index (κ3) is 2.40. The lowest BCUT2D eigenvalue weighted by Crippen LogP contribution is -2.01. The molecular weight excluding hydrogens is 297 g/mol. The number of nitro groups is 1. The smallest absolute Gasteiger partial charge is 0.258 e. The highest BCUT2D eigenvalue weighted by molar-refractivity contribution is 9.10. The van der Waals surface area contributed by atoms with Gasteiger partial charge in [-0.25, -0.2) is 8.78 Å². The van der Waals surface area contributed by atoms with E-state index in [0.717, 1.165) is 6.20 Å². The lowest BCUT2D eigenvalue weighted by molar-refractivity contribution is -0.386. The standard InChI is InChI=1S/C7H4BrClF2N2O2/c8-6-4(13(14)15)2-12-3(1-9)5(6)7(10)11/h2,7H,1H2. The summed E-state index contributed by atoms with van der Waals surface area (Å²) < 4.78 is 24.9. The molecule has 0 aromatic carbocycles. The molecule has 0 atom stereocenters. The van der Waals surface area contributed by atoms with Gasteiger partial charge in [-0.3, -0.25) is 15.1 Å². The Morgan fingerprint density at radius 2 is 2.27 bits per heavy atom. The van der Waals surface area contributed by atoms with Crippen molar-refractivity contribution in [2.45, 2.75) is 12.3 Å². The normalized spacial score (nSPS) is 10.7. The molecule has 8 heteroatoms. The van der Waals surface area contributed by atoms with Crippen LogP contribution in [0.25, 0.3) is 0 Å². The molecule has 1 rings (SSSR count). The second kappa shape index (κ2) is 4.80. The van der Waals surface area contributed by atoms with E-state index in [2.05, 4.69) is 20.9 Å². The van der Waals surface area contributed by atoms with Crippen molar-refractivity contribution in [1.82, 2.24) is 4.98 Å². The Bertz CT molecular complexity index is 403. The zero-order valence-electron chi connectivity index (χ0n) is 7.08. The fourth-order valence-electron chi connectivity index (χ4n) is 0.985. The quantitative estimate of drug-likeness (QED) is 0.488. The number of rotatable bonds is 3. The Hall–Kier alpha value is -0.820. The molecule has 0 amide bonds. The Labute approximate surface area is 96.5 Å². The van der Waals surface area contributed by atoms with E-state index in [1.807, 2.05) is 0 Å². The molecule has 1 heterocycles. The lowest BCUT2D eigenvalue weighted by atomic mass is 10.2. The highest BCUT2D eigenvalue weighted by Crippen LogP contribution is 2.36. The largest absolute Gasteiger partial charge is 0.302 e. The van der Waals surface area contributed by atoms with Crippen LogP contribution in [0.4, 0.5) is 14.5 Å². The average Bonchev–Trinajstić information content (AvgIpc) is 2.15. The first-order valence-electron chi connectivity index (χ1n) is 3.64. The van der Waals surface area contributed by atoms with Gasteiger partial charge in [0.1, 0.15) is 10.7 Å². The Morgan fingerprint density at radius 3 is 2.67 bits per heavy atom. The molecule has 1 aromatic rings. The van der Waals surface area contributed by atoms with Crippen LogP contribution in [-0.4, -0.2) is 9.91 Å². The highest BCUT2D eigenvalue weighted by atomic mass is 79.9. The van der Waals surface area contributed by atoms with Crippen molar-refractivity contribution in [3.63, 3.8) is 0 Å². The molecule has 1 aromatic heterocycles. The number of nitrogens with zero attached hydrogens (tertiary/aromatic N) is 2. The van der Waals surface area contributed by atoms with Crippen molar-refractivity contribution in [3.05, 3.63) is 32.0 Å². The summed E-state index contributed by atoms with van der Waals surface area (Å²) in [5, 5.41) is 10.5. The summed E-state index contributed by atoms with van der Waals surface area (Å²) in [4.78, 5) is 13.2. The van der Waals surface area contributed by atoms with Crippen molar-refractivity contribution in [1.29, 1.82) is 0 Å². The van der Waals surface area contributed by atoms with E-state index in [-0.39, 0.29) is 16.0 Å². The Balaban J connectivity index is 3.42. The van der Waals surface area contributed by atoms with Gasteiger partial charge in [0.05, 0.1) is 22.1 Å². The van der Waals surface area contributed by atoms with Gasteiger partial charge in [-0.15, -0.1) is 11.6 Å². The first-order chi connectivity index (χ1) is 6.99. The summed E-state index contributed by atoms with van der Waals surface area (Å²) in [5.41, 5.74) is -1.09. The van der Waals surface area contributed by atoms with E-state index in [0.29, 0.717) is 0 Å². The molecule has 0 aliphatic carbocycles. The maximum Gasteiger partial charge on any atom is 0.302 e. The third-order valence-corrected chi connectivity index (χ3v) is 2.74. The maximum absolute atomic E-state index is 12.6. The molecule has 0 spiro atoms. The molecule has 0 saturated carbocycles. The molecule has 0 N–H and O–H groups in total. The first-order valence-corrected chi connectivity index (χ1v) is 4.97. The van der Waals surface area contributed by atoms with Crippen LogP contribution >= 0.6 is 27.5 Å². The van der Waals surface area contributed by atoms with Crippen molar-refractivity contribution >= 4 is 33.2 Å². The highest BCUT2D eigenvalue weighted by Gasteiger charge is 2.25. The minimum Gasteiger partial charge on any atom is -0.258 e. The second-order valence-corrected chi connectivity index (χ2v) is 3.57. The van der Waals surface area contributed by atoms with Gasteiger partial charge < -0.3 is 0 Å². The summed E-state index contributed by atoms with van der Waals surface area (Å²) in [6.45, 7) is 0. The molecule has 0 bridgehead atoms. The average molecular weight is 301 g/mol. The summed E-state index contributed by atoms with van der Waals surface area (Å²) in [5.74, 6) is -0.226. The number of hydrogen-bond donors (Lipinski definition) is 0. The van der Waals surface area contributed by atoms with Gasteiger partial charge in [0.2, 0.25) is 0 Å². The fourth-order valence-corrected chi connectivity index (χ4v) is 1.85. The van der Waals surface area contributed by atoms with Gasteiger partial charge in [-0.1, -0.05) is 0 Å². The predicted octanol–water partition coefficient (Wildman–Crippen LogP) is 3.43. The number of aromatic nitrogens is 1. The molecule has 0 saturated heterocycles. The zero-order valence-corrected chi connectivity index (χ0v) is 9.43. The molecule has 0 unspecified atom stereocenters. The maximum atomic E-state index is 12.6. The van der Waals surface area contributed by atoms with E-state index in [4.69, 9.17) is 11.6 Å². The SMILES string of the molecule is O=[N+]([O-])c1cnc(CCl)c(C(F)F)c1Br. The Morgan fingerprint density at radius 1 is 1.67 bits per heavy atom. The summed E-state index contributed by atoms with van der Waals surface area (Å²) in [7, 11) is 0. The van der Waals surface area contributed by atoms with Crippen LogP contribution < -0.4 is 0 Å². The van der Waals surface area contributed by atoms with Crippen LogP contribution in [0.1, 0.15) is 17.7 Å². The van der Waals surface area contributed by atoms with Gasteiger partial charge in [-0.05, 0) is 15.9 Å².